The molecular weight excluding hydrogens is 300 g/mol. The number of nitrogens with one attached hydrogen (secondary N) is 2. The van der Waals surface area contributed by atoms with Gasteiger partial charge in [-0.15, -0.1) is 11.3 Å². The first-order valence-electron chi connectivity index (χ1n) is 5.73. The molecule has 17 heavy (non-hydrogen) atoms. The van der Waals surface area contributed by atoms with E-state index in [1.807, 2.05) is 12.3 Å². The Morgan fingerprint density at radius 2 is 2.18 bits per heavy atom. The molecule has 0 aliphatic carbocycles. The fraction of sp³-hybridized carbons (Fsp3) is 0.583. The second-order valence-corrected chi connectivity index (χ2v) is 6.38. The molecule has 2 N–H and O–H groups in total. The van der Waals surface area contributed by atoms with Crippen LogP contribution in [0, 0.1) is 5.92 Å². The smallest absolute Gasteiger partial charge is 0.236 e. The minimum absolute atomic E-state index is 0.0642. The predicted molar refractivity (Wildman–Crippen MR) is 76.2 cm³/mol. The van der Waals surface area contributed by atoms with E-state index in [9.17, 15) is 4.79 Å². The van der Waals surface area contributed by atoms with Crippen molar-refractivity contribution >= 4 is 33.2 Å². The van der Waals surface area contributed by atoms with Gasteiger partial charge in [-0.1, -0.05) is 13.8 Å². The highest BCUT2D eigenvalue weighted by atomic mass is 79.9. The summed E-state index contributed by atoms with van der Waals surface area (Å²) in [6.07, 6.45) is 0. The molecular formula is C12H19BrN2OS. The van der Waals surface area contributed by atoms with E-state index < -0.39 is 0 Å². The SMILES string of the molecule is CC(C)CNC(=O)C(C)NCc1cc(Br)cs1. The van der Waals surface area contributed by atoms with Crippen molar-refractivity contribution in [3.8, 4) is 0 Å². The van der Waals surface area contributed by atoms with Crippen molar-refractivity contribution in [1.29, 1.82) is 0 Å². The summed E-state index contributed by atoms with van der Waals surface area (Å²) in [6, 6.07) is 1.91. The number of amides is 1. The molecule has 0 aliphatic heterocycles. The molecule has 1 unspecified atom stereocenters. The fourth-order valence-electron chi connectivity index (χ4n) is 1.25. The third-order valence-corrected chi connectivity index (χ3v) is 3.98. The maximum atomic E-state index is 11.7. The summed E-state index contributed by atoms with van der Waals surface area (Å²) in [5.74, 6) is 0.550. The number of carbonyl (C=O) groups excluding carboxylic acids is 1. The normalized spacial score (nSPS) is 12.8. The molecule has 0 aromatic carbocycles. The monoisotopic (exact) mass is 318 g/mol. The molecule has 96 valence electrons. The van der Waals surface area contributed by atoms with Gasteiger partial charge in [-0.2, -0.15) is 0 Å². The molecule has 0 radical (unpaired) electrons. The summed E-state index contributed by atoms with van der Waals surface area (Å²) in [5.41, 5.74) is 0. The lowest BCUT2D eigenvalue weighted by molar-refractivity contribution is -0.122. The van der Waals surface area contributed by atoms with Crippen molar-refractivity contribution in [2.75, 3.05) is 6.54 Å². The molecule has 1 amide bonds. The van der Waals surface area contributed by atoms with Gasteiger partial charge >= 0.3 is 0 Å². The molecule has 1 atom stereocenters. The maximum absolute atomic E-state index is 11.7. The lowest BCUT2D eigenvalue weighted by atomic mass is 10.2. The number of carbonyl (C=O) groups is 1. The summed E-state index contributed by atoms with van der Waals surface area (Å²) in [7, 11) is 0. The van der Waals surface area contributed by atoms with Crippen molar-refractivity contribution < 1.29 is 4.79 Å². The zero-order chi connectivity index (χ0) is 12.8. The van der Waals surface area contributed by atoms with E-state index in [1.54, 1.807) is 11.3 Å². The number of thiophene rings is 1. The predicted octanol–water partition coefficient (Wildman–Crippen LogP) is 2.76. The van der Waals surface area contributed by atoms with Crippen molar-refractivity contribution in [1.82, 2.24) is 10.6 Å². The zero-order valence-electron chi connectivity index (χ0n) is 10.4. The van der Waals surface area contributed by atoms with Gasteiger partial charge in [-0.05, 0) is 34.8 Å². The molecule has 3 nitrogen and oxygen atoms in total. The van der Waals surface area contributed by atoms with Gasteiger partial charge in [0.1, 0.15) is 0 Å². The van der Waals surface area contributed by atoms with E-state index in [2.05, 4.69) is 46.5 Å². The van der Waals surface area contributed by atoms with Gasteiger partial charge in [-0.3, -0.25) is 4.79 Å². The van der Waals surface area contributed by atoms with E-state index >= 15 is 0 Å². The first-order valence-corrected chi connectivity index (χ1v) is 7.40. The van der Waals surface area contributed by atoms with E-state index in [0.29, 0.717) is 5.92 Å². The highest BCUT2D eigenvalue weighted by Gasteiger charge is 2.12. The number of halogens is 1. The third-order valence-electron chi connectivity index (χ3n) is 2.28. The molecule has 0 bridgehead atoms. The van der Waals surface area contributed by atoms with Crippen LogP contribution in [0.1, 0.15) is 25.6 Å². The van der Waals surface area contributed by atoms with Crippen LogP contribution >= 0.6 is 27.3 Å². The number of hydrogen-bond acceptors (Lipinski definition) is 3. The number of rotatable bonds is 6. The van der Waals surface area contributed by atoms with Crippen LogP contribution in [0.15, 0.2) is 15.9 Å². The second kappa shape index (κ2) is 7.13. The lowest BCUT2D eigenvalue weighted by Crippen LogP contribution is -2.42. The average molecular weight is 319 g/mol. The standard InChI is InChI=1S/C12H19BrN2OS/c1-8(2)5-15-12(16)9(3)14-6-11-4-10(13)7-17-11/h4,7-9,14H,5-6H2,1-3H3,(H,15,16). The molecule has 0 spiro atoms. The van der Waals surface area contributed by atoms with Crippen molar-refractivity contribution in [2.24, 2.45) is 5.92 Å². The summed E-state index contributed by atoms with van der Waals surface area (Å²) < 4.78 is 1.09. The molecule has 1 rings (SSSR count). The van der Waals surface area contributed by atoms with E-state index in [0.717, 1.165) is 17.6 Å². The van der Waals surface area contributed by atoms with Crippen LogP contribution in [0.3, 0.4) is 0 Å². The van der Waals surface area contributed by atoms with Crippen LogP contribution in [0.2, 0.25) is 0 Å². The Morgan fingerprint density at radius 3 is 2.71 bits per heavy atom. The topological polar surface area (TPSA) is 41.1 Å². The highest BCUT2D eigenvalue weighted by Crippen LogP contribution is 2.19. The fourth-order valence-corrected chi connectivity index (χ4v) is 2.65. The largest absolute Gasteiger partial charge is 0.354 e. The Kier molecular flexibility index (Phi) is 6.16. The second-order valence-electron chi connectivity index (χ2n) is 4.47. The zero-order valence-corrected chi connectivity index (χ0v) is 12.8. The van der Waals surface area contributed by atoms with Gasteiger partial charge in [0.2, 0.25) is 5.91 Å². The minimum atomic E-state index is -0.158. The van der Waals surface area contributed by atoms with Crippen LogP contribution in [-0.2, 0) is 11.3 Å². The van der Waals surface area contributed by atoms with E-state index in [1.165, 1.54) is 4.88 Å². The summed E-state index contributed by atoms with van der Waals surface area (Å²) in [4.78, 5) is 12.9. The highest BCUT2D eigenvalue weighted by molar-refractivity contribution is 9.10. The maximum Gasteiger partial charge on any atom is 0.236 e. The first kappa shape index (κ1) is 14.7. The first-order chi connectivity index (χ1) is 7.99. The molecule has 0 saturated heterocycles. The number of hydrogen-bond donors (Lipinski definition) is 2. The molecule has 0 saturated carbocycles. The quantitative estimate of drug-likeness (QED) is 0.846. The molecule has 5 heteroatoms. The van der Waals surface area contributed by atoms with Crippen molar-refractivity contribution in [2.45, 2.75) is 33.4 Å². The van der Waals surface area contributed by atoms with Gasteiger partial charge in [0, 0.05) is 27.8 Å². The van der Waals surface area contributed by atoms with E-state index in [-0.39, 0.29) is 11.9 Å². The van der Waals surface area contributed by atoms with Crippen molar-refractivity contribution in [3.05, 3.63) is 20.8 Å². The Hall–Kier alpha value is -0.390. The Morgan fingerprint density at radius 1 is 1.47 bits per heavy atom. The van der Waals surface area contributed by atoms with Crippen LogP contribution in [-0.4, -0.2) is 18.5 Å². The summed E-state index contributed by atoms with van der Waals surface area (Å²) >= 11 is 5.09. The molecule has 0 aliphatic rings. The Balaban J connectivity index is 2.29. The van der Waals surface area contributed by atoms with Crippen LogP contribution in [0.25, 0.3) is 0 Å². The Labute approximate surface area is 115 Å². The molecule has 1 aromatic rings. The summed E-state index contributed by atoms with van der Waals surface area (Å²) in [5, 5.41) is 8.17. The van der Waals surface area contributed by atoms with Gasteiger partial charge < -0.3 is 10.6 Å². The van der Waals surface area contributed by atoms with Crippen LogP contribution in [0.4, 0.5) is 0 Å². The van der Waals surface area contributed by atoms with Gasteiger partial charge in [0.05, 0.1) is 6.04 Å². The van der Waals surface area contributed by atoms with Crippen LogP contribution in [0.5, 0.6) is 0 Å². The third kappa shape index (κ3) is 5.66. The van der Waals surface area contributed by atoms with Crippen LogP contribution < -0.4 is 10.6 Å². The van der Waals surface area contributed by atoms with Crippen molar-refractivity contribution in [3.63, 3.8) is 0 Å². The van der Waals surface area contributed by atoms with E-state index in [4.69, 9.17) is 0 Å². The van der Waals surface area contributed by atoms with Gasteiger partial charge in [0.25, 0.3) is 0 Å². The average Bonchev–Trinajstić information content (AvgIpc) is 2.68. The molecule has 1 heterocycles. The molecule has 1 aromatic heterocycles. The summed E-state index contributed by atoms with van der Waals surface area (Å²) in [6.45, 7) is 7.52. The lowest BCUT2D eigenvalue weighted by Gasteiger charge is -2.14. The van der Waals surface area contributed by atoms with Gasteiger partial charge in [0.15, 0.2) is 0 Å². The van der Waals surface area contributed by atoms with Gasteiger partial charge in [-0.25, -0.2) is 0 Å². The minimum Gasteiger partial charge on any atom is -0.354 e. The molecule has 0 fully saturated rings. The Bertz CT molecular complexity index is 365.